The van der Waals surface area contributed by atoms with Gasteiger partial charge in [-0.05, 0) is 81.5 Å². The van der Waals surface area contributed by atoms with Crippen molar-refractivity contribution in [1.82, 2.24) is 25.5 Å². The van der Waals surface area contributed by atoms with Crippen LogP contribution < -0.4 is 10.6 Å². The van der Waals surface area contributed by atoms with E-state index in [4.69, 9.17) is 4.42 Å². The lowest BCUT2D eigenvalue weighted by Crippen LogP contribution is -2.52. The summed E-state index contributed by atoms with van der Waals surface area (Å²) in [4.78, 5) is 38.4. The number of carbonyl (C=O) groups excluding carboxylic acids is 2. The van der Waals surface area contributed by atoms with Crippen LogP contribution in [-0.4, -0.2) is 63.1 Å². The highest BCUT2D eigenvalue weighted by molar-refractivity contribution is 7.09. The molecular weight excluding hydrogens is 588 g/mol. The van der Waals surface area contributed by atoms with E-state index in [0.29, 0.717) is 24.1 Å². The van der Waals surface area contributed by atoms with Crippen LogP contribution in [0.2, 0.25) is 0 Å². The summed E-state index contributed by atoms with van der Waals surface area (Å²) in [5, 5.41) is 20.2. The summed E-state index contributed by atoms with van der Waals surface area (Å²) < 4.78 is 33.5. The first kappa shape index (κ1) is 30.0. The van der Waals surface area contributed by atoms with Gasteiger partial charge in [-0.15, -0.1) is 11.3 Å². The lowest BCUT2D eigenvalue weighted by Gasteiger charge is -2.29. The molecule has 0 radical (unpaired) electrons. The van der Waals surface area contributed by atoms with E-state index < -0.39 is 29.7 Å². The number of rotatable bonds is 9. The molecule has 2 saturated heterocycles. The summed E-state index contributed by atoms with van der Waals surface area (Å²) in [6, 6.07) is 6.57. The van der Waals surface area contributed by atoms with Crippen LogP contribution in [0, 0.1) is 18.6 Å². The molecule has 4 atom stereocenters. The number of carbonyl (C=O) groups is 2. The Labute approximate surface area is 257 Å². The molecule has 2 aliphatic rings. The number of halogens is 2. The molecule has 0 saturated carbocycles. The zero-order valence-corrected chi connectivity index (χ0v) is 24.9. The topological polar surface area (TPSA) is 121 Å². The number of aliphatic hydroxyl groups excluding tert-OH is 1. The van der Waals surface area contributed by atoms with Gasteiger partial charge in [0.2, 0.25) is 5.89 Å². The third-order valence-electron chi connectivity index (χ3n) is 8.17. The summed E-state index contributed by atoms with van der Waals surface area (Å²) in [6.45, 7) is 3.20. The largest absolute Gasteiger partial charge is 0.445 e. The van der Waals surface area contributed by atoms with E-state index in [-0.39, 0.29) is 41.4 Å². The number of thiazole rings is 1. The lowest BCUT2D eigenvalue weighted by molar-refractivity contribution is 0.0733. The molecule has 2 aromatic carbocycles. The molecule has 12 heteroatoms. The molecule has 44 heavy (non-hydrogen) atoms. The summed E-state index contributed by atoms with van der Waals surface area (Å²) in [5.41, 5.74) is 2.08. The van der Waals surface area contributed by atoms with Gasteiger partial charge in [0, 0.05) is 46.4 Å². The number of oxazole rings is 1. The monoisotopic (exact) mass is 621 g/mol. The Kier molecular flexibility index (Phi) is 8.83. The van der Waals surface area contributed by atoms with E-state index in [1.165, 1.54) is 42.0 Å². The maximum atomic E-state index is 14.0. The number of nitrogens with one attached hydrogen (secondary N) is 2. The van der Waals surface area contributed by atoms with Crippen LogP contribution in [0.5, 0.6) is 0 Å². The van der Waals surface area contributed by atoms with Crippen molar-refractivity contribution in [1.29, 1.82) is 0 Å². The van der Waals surface area contributed by atoms with Gasteiger partial charge < -0.3 is 25.1 Å². The summed E-state index contributed by atoms with van der Waals surface area (Å²) in [5.74, 6) is -2.05. The number of likely N-dealkylation sites (tertiary alicyclic amines) is 1. The second-order valence-corrected chi connectivity index (χ2v) is 12.3. The number of aliphatic hydroxyl groups is 1. The van der Waals surface area contributed by atoms with Crippen molar-refractivity contribution in [3.05, 3.63) is 93.3 Å². The Bertz CT molecular complexity index is 1620. The molecule has 0 unspecified atom stereocenters. The minimum Gasteiger partial charge on any atom is -0.445 e. The average molecular weight is 622 g/mol. The maximum absolute atomic E-state index is 14.0. The molecule has 230 valence electrons. The van der Waals surface area contributed by atoms with E-state index in [1.807, 2.05) is 12.3 Å². The Balaban J connectivity index is 1.31. The first-order valence-electron chi connectivity index (χ1n) is 14.7. The van der Waals surface area contributed by atoms with E-state index >= 15 is 0 Å². The number of aromatic nitrogens is 2. The first-order chi connectivity index (χ1) is 21.2. The van der Waals surface area contributed by atoms with Gasteiger partial charge in [-0.3, -0.25) is 9.59 Å². The van der Waals surface area contributed by atoms with Crippen LogP contribution in [-0.2, 0) is 6.42 Å². The van der Waals surface area contributed by atoms with Crippen molar-refractivity contribution < 1.29 is 27.9 Å². The van der Waals surface area contributed by atoms with Crippen molar-refractivity contribution in [2.45, 2.75) is 63.3 Å². The van der Waals surface area contributed by atoms with E-state index in [9.17, 15) is 23.5 Å². The Morgan fingerprint density at radius 1 is 1.14 bits per heavy atom. The molecule has 3 N–H and O–H groups in total. The molecule has 6 rings (SSSR count). The number of amides is 2. The van der Waals surface area contributed by atoms with Crippen LogP contribution >= 0.6 is 11.3 Å². The van der Waals surface area contributed by atoms with Crippen molar-refractivity contribution in [3.63, 3.8) is 0 Å². The summed E-state index contributed by atoms with van der Waals surface area (Å²) >= 11 is 1.52. The van der Waals surface area contributed by atoms with Crippen molar-refractivity contribution >= 4 is 23.2 Å². The van der Waals surface area contributed by atoms with Gasteiger partial charge in [0.15, 0.2) is 0 Å². The number of nitrogens with zero attached hydrogens (tertiary/aromatic N) is 3. The van der Waals surface area contributed by atoms with Gasteiger partial charge in [0.05, 0.1) is 24.4 Å². The highest BCUT2D eigenvalue weighted by atomic mass is 32.1. The normalized spacial score (nSPS) is 19.7. The average Bonchev–Trinajstić information content (AvgIpc) is 3.83. The molecule has 4 aromatic rings. The highest BCUT2D eigenvalue weighted by Gasteiger charge is 2.34. The van der Waals surface area contributed by atoms with Crippen LogP contribution in [0.1, 0.15) is 68.7 Å². The molecule has 0 bridgehead atoms. The van der Waals surface area contributed by atoms with Gasteiger partial charge in [0.25, 0.3) is 11.8 Å². The van der Waals surface area contributed by atoms with Crippen molar-refractivity contribution in [3.8, 4) is 11.5 Å². The second kappa shape index (κ2) is 12.9. The molecule has 0 aliphatic carbocycles. The fourth-order valence-corrected chi connectivity index (χ4v) is 7.05. The van der Waals surface area contributed by atoms with Crippen LogP contribution in [0.25, 0.3) is 11.5 Å². The lowest BCUT2D eigenvalue weighted by atomic mass is 9.94. The highest BCUT2D eigenvalue weighted by Crippen LogP contribution is 2.35. The predicted molar refractivity (Wildman–Crippen MR) is 160 cm³/mol. The second-order valence-electron chi connectivity index (χ2n) is 11.4. The fourth-order valence-electron chi connectivity index (χ4n) is 6.10. The van der Waals surface area contributed by atoms with E-state index in [1.54, 1.807) is 17.0 Å². The van der Waals surface area contributed by atoms with Gasteiger partial charge in [0.1, 0.15) is 22.9 Å². The predicted octanol–water partition coefficient (Wildman–Crippen LogP) is 4.82. The number of hydrogen-bond donors (Lipinski definition) is 3. The van der Waals surface area contributed by atoms with E-state index in [0.717, 1.165) is 42.6 Å². The third kappa shape index (κ3) is 6.57. The molecule has 0 spiro atoms. The fraction of sp³-hybridized carbons (Fsp3) is 0.375. The maximum Gasteiger partial charge on any atom is 0.254 e. The van der Waals surface area contributed by atoms with Gasteiger partial charge in [-0.2, -0.15) is 0 Å². The zero-order valence-electron chi connectivity index (χ0n) is 24.1. The molecule has 4 heterocycles. The summed E-state index contributed by atoms with van der Waals surface area (Å²) in [6.07, 6.45) is 5.02. The van der Waals surface area contributed by atoms with Crippen molar-refractivity contribution in [2.24, 2.45) is 0 Å². The molecular formula is C32H33F2N5O4S. The molecule has 2 aromatic heterocycles. The molecule has 2 amide bonds. The SMILES string of the molecule is Cc1csc([C@H]2CCCN2C(=O)c2cc(C(=O)N[C@@H](Cc3cc(F)cc(F)c3)[C@H](O)[C@H]3CCCN3)cc(-c3ncco3)c2)n1. The molecule has 9 nitrogen and oxygen atoms in total. The number of benzene rings is 2. The minimum absolute atomic E-state index is 0.00628. The first-order valence-corrected chi connectivity index (χ1v) is 15.6. The van der Waals surface area contributed by atoms with Crippen LogP contribution in [0.3, 0.4) is 0 Å². The molecule has 2 fully saturated rings. The minimum atomic E-state index is -1.03. The number of hydrogen-bond acceptors (Lipinski definition) is 8. The standard InChI is InChI=1S/C32H33F2N5O4S/c1-18-17-44-31(37-18)27-5-3-8-39(27)32(42)22-14-20(13-21(15-22)30-36-7-9-43-30)29(41)38-26(28(40)25-4-2-6-35-25)12-19-10-23(33)16-24(34)11-19/h7,9-11,13-17,25-28,35,40H,2-6,8,12H2,1H3,(H,38,41)/t25-,26+,27-,28-/m1/s1. The Morgan fingerprint density at radius 3 is 2.61 bits per heavy atom. The van der Waals surface area contributed by atoms with E-state index in [2.05, 4.69) is 20.6 Å². The van der Waals surface area contributed by atoms with Crippen LogP contribution in [0.15, 0.2) is 58.7 Å². The van der Waals surface area contributed by atoms with Crippen LogP contribution in [0.4, 0.5) is 8.78 Å². The van der Waals surface area contributed by atoms with Gasteiger partial charge in [-0.25, -0.2) is 18.7 Å². The number of aryl methyl sites for hydroxylation is 1. The zero-order chi connectivity index (χ0) is 30.8. The van der Waals surface area contributed by atoms with Crippen molar-refractivity contribution in [2.75, 3.05) is 13.1 Å². The smallest absolute Gasteiger partial charge is 0.254 e. The van der Waals surface area contributed by atoms with Gasteiger partial charge >= 0.3 is 0 Å². The quantitative estimate of drug-likeness (QED) is 0.245. The third-order valence-corrected chi connectivity index (χ3v) is 9.24. The van der Waals surface area contributed by atoms with Gasteiger partial charge in [-0.1, -0.05) is 0 Å². The summed E-state index contributed by atoms with van der Waals surface area (Å²) in [7, 11) is 0. The Hall–Kier alpha value is -4.00. The Morgan fingerprint density at radius 2 is 1.93 bits per heavy atom. The molecule has 2 aliphatic heterocycles.